The fourth-order valence-electron chi connectivity index (χ4n) is 1.40. The minimum Gasteiger partial charge on any atom is -0.451 e. The number of hydrogen-bond acceptors (Lipinski definition) is 3. The number of nitrogens with zero attached hydrogens (tertiary/aromatic N) is 2. The van der Waals surface area contributed by atoms with Crippen LogP contribution in [0.3, 0.4) is 0 Å². The quantitative estimate of drug-likeness (QED) is 0.771. The van der Waals surface area contributed by atoms with Crippen LogP contribution in [0.2, 0.25) is 0 Å². The van der Waals surface area contributed by atoms with E-state index in [0.29, 0.717) is 5.56 Å². The number of oxazole rings is 1. The summed E-state index contributed by atoms with van der Waals surface area (Å²) >= 11 is 0. The van der Waals surface area contributed by atoms with Gasteiger partial charge in [-0.05, 0) is 12.1 Å². The fourth-order valence-corrected chi connectivity index (χ4v) is 1.40. The highest BCUT2D eigenvalue weighted by Gasteiger charge is 2.08. The maximum atomic E-state index is 11.6. The molecule has 16 heavy (non-hydrogen) atoms. The molecular weight excluding hydrogens is 204 g/mol. The largest absolute Gasteiger partial charge is 0.451 e. The van der Waals surface area contributed by atoms with Crippen LogP contribution in [-0.4, -0.2) is 29.9 Å². The van der Waals surface area contributed by atoms with Gasteiger partial charge in [0.2, 0.25) is 0 Å². The molecule has 0 saturated heterocycles. The maximum Gasteiger partial charge on any atom is 0.253 e. The van der Waals surface area contributed by atoms with Crippen molar-refractivity contribution in [1.82, 2.24) is 9.88 Å². The lowest BCUT2D eigenvalue weighted by Gasteiger charge is -2.09. The van der Waals surface area contributed by atoms with Crippen LogP contribution in [0.25, 0.3) is 11.3 Å². The van der Waals surface area contributed by atoms with Gasteiger partial charge in [-0.2, -0.15) is 0 Å². The van der Waals surface area contributed by atoms with Gasteiger partial charge in [-0.15, -0.1) is 0 Å². The predicted octanol–water partition coefficient (Wildman–Crippen LogP) is 2.04. The summed E-state index contributed by atoms with van der Waals surface area (Å²) in [5.74, 6) is -0.00768. The van der Waals surface area contributed by atoms with E-state index in [2.05, 4.69) is 4.98 Å². The van der Waals surface area contributed by atoms with Gasteiger partial charge in [0.05, 0.1) is 0 Å². The summed E-state index contributed by atoms with van der Waals surface area (Å²) in [7, 11) is 3.46. The first-order valence-corrected chi connectivity index (χ1v) is 4.89. The van der Waals surface area contributed by atoms with Crippen LogP contribution in [0, 0.1) is 0 Å². The SMILES string of the molecule is CN(C)C(=O)c1ccc(-c2cocn2)cc1. The van der Waals surface area contributed by atoms with Crippen LogP contribution in [0.4, 0.5) is 0 Å². The number of carbonyl (C=O) groups excluding carboxylic acids is 1. The molecule has 1 aromatic carbocycles. The zero-order chi connectivity index (χ0) is 11.5. The molecule has 0 aliphatic carbocycles. The van der Waals surface area contributed by atoms with E-state index < -0.39 is 0 Å². The highest BCUT2D eigenvalue weighted by molar-refractivity contribution is 5.94. The van der Waals surface area contributed by atoms with Crippen LogP contribution in [0.5, 0.6) is 0 Å². The van der Waals surface area contributed by atoms with E-state index in [9.17, 15) is 4.79 Å². The first-order chi connectivity index (χ1) is 7.68. The van der Waals surface area contributed by atoms with Crippen molar-refractivity contribution in [1.29, 1.82) is 0 Å². The summed E-state index contributed by atoms with van der Waals surface area (Å²) < 4.78 is 4.90. The van der Waals surface area contributed by atoms with Crippen molar-refractivity contribution >= 4 is 5.91 Å². The van der Waals surface area contributed by atoms with Crippen LogP contribution >= 0.6 is 0 Å². The average molecular weight is 216 g/mol. The Morgan fingerprint density at radius 2 is 1.94 bits per heavy atom. The Balaban J connectivity index is 2.27. The molecule has 0 aliphatic heterocycles. The molecule has 0 bridgehead atoms. The normalized spacial score (nSPS) is 10.1. The smallest absolute Gasteiger partial charge is 0.253 e. The molecule has 1 amide bonds. The lowest BCUT2D eigenvalue weighted by molar-refractivity contribution is 0.0827. The Kier molecular flexibility index (Phi) is 2.72. The van der Waals surface area contributed by atoms with Gasteiger partial charge in [0.1, 0.15) is 12.0 Å². The molecule has 0 atom stereocenters. The van der Waals surface area contributed by atoms with Crippen molar-refractivity contribution in [3.63, 3.8) is 0 Å². The average Bonchev–Trinajstić information content (AvgIpc) is 2.81. The standard InChI is InChI=1S/C12H12N2O2/c1-14(2)12(15)10-5-3-9(4-6-10)11-7-16-8-13-11/h3-8H,1-2H3. The van der Waals surface area contributed by atoms with Gasteiger partial charge >= 0.3 is 0 Å². The Morgan fingerprint density at radius 3 is 2.44 bits per heavy atom. The fraction of sp³-hybridized carbons (Fsp3) is 0.167. The number of aromatic nitrogens is 1. The summed E-state index contributed by atoms with van der Waals surface area (Å²) in [6, 6.07) is 7.28. The van der Waals surface area contributed by atoms with Crippen molar-refractivity contribution < 1.29 is 9.21 Å². The van der Waals surface area contributed by atoms with E-state index in [-0.39, 0.29) is 5.91 Å². The summed E-state index contributed by atoms with van der Waals surface area (Å²) in [6.07, 6.45) is 2.96. The number of benzene rings is 1. The lowest BCUT2D eigenvalue weighted by atomic mass is 10.1. The molecule has 4 heteroatoms. The van der Waals surface area contributed by atoms with E-state index in [1.54, 1.807) is 37.4 Å². The number of carbonyl (C=O) groups is 1. The summed E-state index contributed by atoms with van der Waals surface area (Å²) in [5.41, 5.74) is 2.37. The number of rotatable bonds is 2. The highest BCUT2D eigenvalue weighted by atomic mass is 16.3. The van der Waals surface area contributed by atoms with Crippen molar-refractivity contribution in [2.75, 3.05) is 14.1 Å². The molecule has 0 unspecified atom stereocenters. The molecule has 82 valence electrons. The van der Waals surface area contributed by atoms with E-state index in [4.69, 9.17) is 4.42 Å². The molecule has 4 nitrogen and oxygen atoms in total. The third-order valence-corrected chi connectivity index (χ3v) is 2.27. The van der Waals surface area contributed by atoms with Gasteiger partial charge in [0, 0.05) is 25.2 Å². The van der Waals surface area contributed by atoms with E-state index in [1.807, 2.05) is 12.1 Å². The monoisotopic (exact) mass is 216 g/mol. The molecule has 0 N–H and O–H groups in total. The van der Waals surface area contributed by atoms with Crippen LogP contribution in [-0.2, 0) is 0 Å². The van der Waals surface area contributed by atoms with Crippen LogP contribution < -0.4 is 0 Å². The Labute approximate surface area is 93.5 Å². The zero-order valence-electron chi connectivity index (χ0n) is 9.18. The van der Waals surface area contributed by atoms with E-state index in [0.717, 1.165) is 11.3 Å². The van der Waals surface area contributed by atoms with E-state index in [1.165, 1.54) is 6.39 Å². The molecule has 0 fully saturated rings. The molecule has 0 saturated carbocycles. The summed E-state index contributed by atoms with van der Waals surface area (Å²) in [5, 5.41) is 0. The molecular formula is C12H12N2O2. The molecule has 1 aromatic heterocycles. The molecule has 0 radical (unpaired) electrons. The van der Waals surface area contributed by atoms with Gasteiger partial charge in [-0.25, -0.2) is 4.98 Å². The third-order valence-electron chi connectivity index (χ3n) is 2.27. The third kappa shape index (κ3) is 1.95. The zero-order valence-corrected chi connectivity index (χ0v) is 9.18. The Bertz CT molecular complexity index is 472. The second kappa shape index (κ2) is 4.18. The summed E-state index contributed by atoms with van der Waals surface area (Å²) in [4.78, 5) is 17.2. The van der Waals surface area contributed by atoms with Crippen molar-refractivity contribution in [3.8, 4) is 11.3 Å². The van der Waals surface area contributed by atoms with Crippen molar-refractivity contribution in [3.05, 3.63) is 42.5 Å². The lowest BCUT2D eigenvalue weighted by Crippen LogP contribution is -2.21. The van der Waals surface area contributed by atoms with Gasteiger partial charge < -0.3 is 9.32 Å². The first kappa shape index (κ1) is 10.4. The van der Waals surface area contributed by atoms with Crippen LogP contribution in [0.1, 0.15) is 10.4 Å². The van der Waals surface area contributed by atoms with Crippen molar-refractivity contribution in [2.24, 2.45) is 0 Å². The van der Waals surface area contributed by atoms with Gasteiger partial charge in [0.15, 0.2) is 6.39 Å². The maximum absolute atomic E-state index is 11.6. The molecule has 1 heterocycles. The highest BCUT2D eigenvalue weighted by Crippen LogP contribution is 2.17. The number of hydrogen-bond donors (Lipinski definition) is 0. The predicted molar refractivity (Wildman–Crippen MR) is 60.0 cm³/mol. The molecule has 2 rings (SSSR count). The second-order valence-electron chi connectivity index (χ2n) is 3.65. The Hall–Kier alpha value is -2.10. The first-order valence-electron chi connectivity index (χ1n) is 4.89. The Morgan fingerprint density at radius 1 is 1.25 bits per heavy atom. The molecule has 0 spiro atoms. The topological polar surface area (TPSA) is 46.3 Å². The second-order valence-corrected chi connectivity index (χ2v) is 3.65. The molecule has 2 aromatic rings. The van der Waals surface area contributed by atoms with Crippen LogP contribution in [0.15, 0.2) is 41.3 Å². The van der Waals surface area contributed by atoms with Gasteiger partial charge in [0.25, 0.3) is 5.91 Å². The minimum atomic E-state index is -0.00768. The minimum absolute atomic E-state index is 0.00768. The van der Waals surface area contributed by atoms with Gasteiger partial charge in [-0.1, -0.05) is 12.1 Å². The number of amides is 1. The van der Waals surface area contributed by atoms with E-state index >= 15 is 0 Å². The van der Waals surface area contributed by atoms with Gasteiger partial charge in [-0.3, -0.25) is 4.79 Å². The summed E-state index contributed by atoms with van der Waals surface area (Å²) in [6.45, 7) is 0. The van der Waals surface area contributed by atoms with Crippen molar-refractivity contribution in [2.45, 2.75) is 0 Å². The molecule has 0 aliphatic rings.